The van der Waals surface area contributed by atoms with Crippen molar-refractivity contribution >= 4 is 11.8 Å². The maximum absolute atomic E-state index is 11.8. The van der Waals surface area contributed by atoms with Gasteiger partial charge >= 0.3 is 0 Å². The van der Waals surface area contributed by atoms with E-state index in [1.54, 1.807) is 4.90 Å². The lowest BCUT2D eigenvalue weighted by atomic mass is 10.2. The Balaban J connectivity index is 4.07. The molecule has 0 fully saturated rings. The van der Waals surface area contributed by atoms with Gasteiger partial charge in [0.15, 0.2) is 0 Å². The number of hydrogen-bond donors (Lipinski definition) is 2. The molecular weight excluding hydrogens is 218 g/mol. The zero-order valence-electron chi connectivity index (χ0n) is 11.4. The molecular formula is C12H25N3O2. The number of hydrogen-bond acceptors (Lipinski definition) is 3. The van der Waals surface area contributed by atoms with Crippen LogP contribution in [0.15, 0.2) is 0 Å². The Morgan fingerprint density at radius 1 is 1.24 bits per heavy atom. The molecule has 0 aromatic heterocycles. The second-order valence-corrected chi connectivity index (χ2v) is 4.05. The number of nitrogens with zero attached hydrogens (tertiary/aromatic N) is 1. The molecule has 1 atom stereocenters. The number of rotatable bonds is 8. The van der Waals surface area contributed by atoms with Gasteiger partial charge in [-0.15, -0.1) is 0 Å². The quantitative estimate of drug-likeness (QED) is 0.647. The zero-order chi connectivity index (χ0) is 13.3. The molecule has 0 heterocycles. The van der Waals surface area contributed by atoms with E-state index in [-0.39, 0.29) is 18.4 Å². The van der Waals surface area contributed by atoms with Crippen LogP contribution < -0.4 is 10.6 Å². The van der Waals surface area contributed by atoms with Gasteiger partial charge in [0.2, 0.25) is 11.8 Å². The van der Waals surface area contributed by atoms with Crippen molar-refractivity contribution in [2.45, 2.75) is 40.2 Å². The number of nitrogens with one attached hydrogen (secondary N) is 2. The van der Waals surface area contributed by atoms with Crippen LogP contribution in [0.25, 0.3) is 0 Å². The van der Waals surface area contributed by atoms with Gasteiger partial charge in [-0.05, 0) is 27.2 Å². The van der Waals surface area contributed by atoms with Gasteiger partial charge in [-0.1, -0.05) is 6.92 Å². The molecule has 2 amide bonds. The fraction of sp³-hybridized carbons (Fsp3) is 0.833. The van der Waals surface area contributed by atoms with Crippen molar-refractivity contribution < 1.29 is 9.59 Å². The van der Waals surface area contributed by atoms with Gasteiger partial charge in [-0.25, -0.2) is 0 Å². The molecule has 0 aliphatic heterocycles. The lowest BCUT2D eigenvalue weighted by Gasteiger charge is -2.21. The Morgan fingerprint density at radius 2 is 1.88 bits per heavy atom. The monoisotopic (exact) mass is 243 g/mol. The smallest absolute Gasteiger partial charge is 0.239 e. The molecule has 0 aromatic carbocycles. The van der Waals surface area contributed by atoms with Crippen molar-refractivity contribution in [3.05, 3.63) is 0 Å². The molecule has 5 nitrogen and oxygen atoms in total. The van der Waals surface area contributed by atoms with Crippen LogP contribution in [0.4, 0.5) is 0 Å². The number of likely N-dealkylation sites (N-methyl/N-ethyl adjacent to an activating group) is 2. The standard InChI is InChI=1S/C12H25N3O2/c1-5-10(4)14-8-12(17)15(7-3)9-11(16)13-6-2/h10,14H,5-9H2,1-4H3,(H,13,16). The van der Waals surface area contributed by atoms with E-state index >= 15 is 0 Å². The van der Waals surface area contributed by atoms with Crippen LogP contribution in [-0.2, 0) is 9.59 Å². The molecule has 0 bridgehead atoms. The first-order valence-corrected chi connectivity index (χ1v) is 6.32. The molecule has 0 saturated carbocycles. The van der Waals surface area contributed by atoms with Crippen molar-refractivity contribution in [3.8, 4) is 0 Å². The van der Waals surface area contributed by atoms with Crippen molar-refractivity contribution in [2.24, 2.45) is 0 Å². The molecule has 0 aliphatic rings. The van der Waals surface area contributed by atoms with Gasteiger partial charge in [0.1, 0.15) is 0 Å². The van der Waals surface area contributed by atoms with Gasteiger partial charge < -0.3 is 15.5 Å². The van der Waals surface area contributed by atoms with Crippen molar-refractivity contribution in [3.63, 3.8) is 0 Å². The lowest BCUT2D eigenvalue weighted by molar-refractivity contribution is -0.135. The second kappa shape index (κ2) is 8.98. The van der Waals surface area contributed by atoms with E-state index in [9.17, 15) is 9.59 Å². The van der Waals surface area contributed by atoms with E-state index in [0.29, 0.717) is 25.7 Å². The molecule has 1 unspecified atom stereocenters. The Morgan fingerprint density at radius 3 is 2.35 bits per heavy atom. The summed E-state index contributed by atoms with van der Waals surface area (Å²) in [5.74, 6) is -0.134. The van der Waals surface area contributed by atoms with Crippen molar-refractivity contribution in [1.82, 2.24) is 15.5 Å². The van der Waals surface area contributed by atoms with Crippen LogP contribution in [0.3, 0.4) is 0 Å². The van der Waals surface area contributed by atoms with Crippen molar-refractivity contribution in [1.29, 1.82) is 0 Å². The maximum Gasteiger partial charge on any atom is 0.239 e. The van der Waals surface area contributed by atoms with Crippen LogP contribution in [0.1, 0.15) is 34.1 Å². The maximum atomic E-state index is 11.8. The molecule has 17 heavy (non-hydrogen) atoms. The minimum atomic E-state index is -0.105. The molecule has 0 spiro atoms. The van der Waals surface area contributed by atoms with Crippen LogP contribution in [0.2, 0.25) is 0 Å². The summed E-state index contributed by atoms with van der Waals surface area (Å²) in [5, 5.41) is 5.82. The highest BCUT2D eigenvalue weighted by Gasteiger charge is 2.15. The third-order valence-corrected chi connectivity index (χ3v) is 2.66. The fourth-order valence-corrected chi connectivity index (χ4v) is 1.32. The Labute approximate surface area is 104 Å². The minimum absolute atomic E-state index is 0.0287. The normalized spacial score (nSPS) is 12.0. The molecule has 100 valence electrons. The summed E-state index contributed by atoms with van der Waals surface area (Å²) in [7, 11) is 0. The third kappa shape index (κ3) is 6.94. The summed E-state index contributed by atoms with van der Waals surface area (Å²) in [6, 6.07) is 0.321. The summed E-state index contributed by atoms with van der Waals surface area (Å²) in [6.07, 6.45) is 0.982. The lowest BCUT2D eigenvalue weighted by Crippen LogP contribution is -2.45. The first kappa shape index (κ1) is 15.9. The number of carbonyl (C=O) groups is 2. The van der Waals surface area contributed by atoms with Crippen molar-refractivity contribution in [2.75, 3.05) is 26.2 Å². The molecule has 5 heteroatoms. The summed E-state index contributed by atoms with van der Waals surface area (Å²) in [6.45, 7) is 9.42. The predicted molar refractivity (Wildman–Crippen MR) is 68.7 cm³/mol. The Kier molecular flexibility index (Phi) is 8.40. The van der Waals surface area contributed by atoms with E-state index in [1.165, 1.54) is 0 Å². The van der Waals surface area contributed by atoms with Gasteiger partial charge in [0, 0.05) is 19.1 Å². The van der Waals surface area contributed by atoms with E-state index in [2.05, 4.69) is 17.6 Å². The average molecular weight is 243 g/mol. The largest absolute Gasteiger partial charge is 0.355 e. The molecule has 0 radical (unpaired) electrons. The van der Waals surface area contributed by atoms with E-state index in [4.69, 9.17) is 0 Å². The average Bonchev–Trinajstić information content (AvgIpc) is 2.32. The molecule has 0 saturated heterocycles. The van der Waals surface area contributed by atoms with E-state index in [0.717, 1.165) is 6.42 Å². The summed E-state index contributed by atoms with van der Waals surface area (Å²) >= 11 is 0. The van der Waals surface area contributed by atoms with Gasteiger partial charge in [-0.3, -0.25) is 9.59 Å². The topological polar surface area (TPSA) is 61.4 Å². The van der Waals surface area contributed by atoms with Gasteiger partial charge in [0.05, 0.1) is 13.1 Å². The first-order valence-electron chi connectivity index (χ1n) is 6.32. The van der Waals surface area contributed by atoms with Crippen LogP contribution in [-0.4, -0.2) is 48.9 Å². The van der Waals surface area contributed by atoms with Crippen LogP contribution in [0, 0.1) is 0 Å². The number of carbonyl (C=O) groups excluding carboxylic acids is 2. The molecule has 0 aliphatic carbocycles. The van der Waals surface area contributed by atoms with E-state index < -0.39 is 0 Å². The number of amides is 2. The predicted octanol–water partition coefficient (Wildman–Crippen LogP) is 0.359. The Hall–Kier alpha value is -1.10. The third-order valence-electron chi connectivity index (χ3n) is 2.66. The SMILES string of the molecule is CCNC(=O)CN(CC)C(=O)CNC(C)CC. The zero-order valence-corrected chi connectivity index (χ0v) is 11.4. The summed E-state index contributed by atoms with van der Waals surface area (Å²) < 4.78 is 0. The fourth-order valence-electron chi connectivity index (χ4n) is 1.32. The highest BCUT2D eigenvalue weighted by Crippen LogP contribution is 1.92. The Bertz CT molecular complexity index is 244. The van der Waals surface area contributed by atoms with Crippen LogP contribution >= 0.6 is 0 Å². The van der Waals surface area contributed by atoms with Gasteiger partial charge in [-0.2, -0.15) is 0 Å². The first-order chi connectivity index (χ1) is 8.04. The minimum Gasteiger partial charge on any atom is -0.355 e. The van der Waals surface area contributed by atoms with Gasteiger partial charge in [0.25, 0.3) is 0 Å². The van der Waals surface area contributed by atoms with Crippen LogP contribution in [0.5, 0.6) is 0 Å². The molecule has 0 rings (SSSR count). The molecule has 0 aromatic rings. The summed E-state index contributed by atoms with van der Waals surface area (Å²) in [4.78, 5) is 24.8. The second-order valence-electron chi connectivity index (χ2n) is 4.05. The highest BCUT2D eigenvalue weighted by molar-refractivity contribution is 5.85. The highest BCUT2D eigenvalue weighted by atomic mass is 16.2. The molecule has 2 N–H and O–H groups in total. The summed E-state index contributed by atoms with van der Waals surface area (Å²) in [5.41, 5.74) is 0. The van der Waals surface area contributed by atoms with E-state index in [1.807, 2.05) is 20.8 Å².